The summed E-state index contributed by atoms with van der Waals surface area (Å²) in [5.74, 6) is 2.71. The van der Waals surface area contributed by atoms with Crippen LogP contribution in [-0.2, 0) is 5.41 Å². The number of benzene rings is 6. The first-order chi connectivity index (χ1) is 26.0. The number of para-hydroxylation sites is 1. The van der Waals surface area contributed by atoms with Crippen LogP contribution in [0.15, 0.2) is 132 Å². The fourth-order valence-corrected chi connectivity index (χ4v) is 9.27. The van der Waals surface area contributed by atoms with Crippen molar-refractivity contribution >= 4 is 43.7 Å². The van der Waals surface area contributed by atoms with Crippen molar-refractivity contribution in [1.82, 2.24) is 19.5 Å². The molecule has 0 aliphatic heterocycles. The second-order valence-electron chi connectivity index (χ2n) is 15.5. The first-order valence-corrected chi connectivity index (χ1v) is 19.0. The largest absolute Gasteiger partial charge is 0.456 e. The third-order valence-corrected chi connectivity index (χ3v) is 12.0. The first-order valence-electron chi connectivity index (χ1n) is 19.0. The second kappa shape index (κ2) is 11.5. The van der Waals surface area contributed by atoms with Gasteiger partial charge in [0.1, 0.15) is 17.0 Å². The third kappa shape index (κ3) is 4.66. The average Bonchev–Trinajstić information content (AvgIpc) is 3.82. The number of nitrogens with zero attached hydrogens (tertiary/aromatic N) is 4. The smallest absolute Gasteiger partial charge is 0.163 e. The lowest BCUT2D eigenvalue weighted by atomic mass is 9.82. The summed E-state index contributed by atoms with van der Waals surface area (Å²) < 4.78 is 9.00. The highest BCUT2D eigenvalue weighted by molar-refractivity contribution is 6.12. The van der Waals surface area contributed by atoms with Crippen LogP contribution >= 0.6 is 0 Å². The van der Waals surface area contributed by atoms with E-state index in [1.807, 2.05) is 18.2 Å². The van der Waals surface area contributed by atoms with E-state index in [4.69, 9.17) is 19.4 Å². The van der Waals surface area contributed by atoms with Gasteiger partial charge in [-0.3, -0.25) is 0 Å². The maximum Gasteiger partial charge on any atom is 0.163 e. The lowest BCUT2D eigenvalue weighted by molar-refractivity contribution is 0.428. The molecule has 0 atom stereocenters. The fourth-order valence-electron chi connectivity index (χ4n) is 9.27. The normalized spacial score (nSPS) is 15.4. The minimum Gasteiger partial charge on any atom is -0.456 e. The van der Waals surface area contributed by atoms with Crippen molar-refractivity contribution in [3.63, 3.8) is 0 Å². The zero-order valence-electron chi connectivity index (χ0n) is 29.9. The van der Waals surface area contributed by atoms with Crippen LogP contribution in [0.4, 0.5) is 0 Å². The molecule has 1 fully saturated rings. The number of hydrogen-bond acceptors (Lipinski definition) is 4. The Bertz CT molecular complexity index is 2910. The third-order valence-electron chi connectivity index (χ3n) is 12.0. The molecule has 53 heavy (non-hydrogen) atoms. The molecule has 1 saturated carbocycles. The molecule has 3 heterocycles. The zero-order chi connectivity index (χ0) is 35.3. The number of hydrogen-bond donors (Lipinski definition) is 0. The number of aromatic nitrogens is 4. The van der Waals surface area contributed by atoms with Crippen molar-refractivity contribution in [2.24, 2.45) is 0 Å². The predicted octanol–water partition coefficient (Wildman–Crippen LogP) is 12.6. The summed E-state index contributed by atoms with van der Waals surface area (Å²) in [4.78, 5) is 15.1. The maximum absolute atomic E-state index is 6.57. The molecule has 0 saturated heterocycles. The molecule has 2 aliphatic carbocycles. The lowest BCUT2D eigenvalue weighted by Crippen LogP contribution is -2.14. The Morgan fingerprint density at radius 1 is 0.547 bits per heavy atom. The molecule has 0 amide bonds. The minimum absolute atomic E-state index is 0.0820. The van der Waals surface area contributed by atoms with Gasteiger partial charge in [0.2, 0.25) is 0 Å². The summed E-state index contributed by atoms with van der Waals surface area (Å²) in [7, 11) is 0. The Morgan fingerprint density at radius 3 is 2.19 bits per heavy atom. The summed E-state index contributed by atoms with van der Waals surface area (Å²) in [5, 5.41) is 4.70. The molecular weight excluding hydrogens is 649 g/mol. The fraction of sp³-hybridized carbons (Fsp3) is 0.188. The van der Waals surface area contributed by atoms with E-state index in [2.05, 4.69) is 128 Å². The molecule has 0 bridgehead atoms. The Hall–Kier alpha value is -6.07. The van der Waals surface area contributed by atoms with E-state index < -0.39 is 0 Å². The van der Waals surface area contributed by atoms with E-state index in [1.54, 1.807) is 0 Å². The van der Waals surface area contributed by atoms with E-state index in [-0.39, 0.29) is 5.41 Å². The van der Waals surface area contributed by atoms with Crippen LogP contribution in [0.25, 0.3) is 83.3 Å². The maximum atomic E-state index is 6.57. The van der Waals surface area contributed by atoms with Gasteiger partial charge in [-0.05, 0) is 83.6 Å². The standard InChI is InChI=1S/C48H38N4O/c1-48(2)39-19-11-9-17-33(39)36-27-37-34-18-10-12-20-41(34)52(42(37)28-40(36)48)32-22-24-43-38(26-32)35-23-21-31(25-44(35)53-43)47-50-45(29-13-5-3-6-14-29)49-46(51-47)30-15-7-4-8-16-30/h3,5-6,9-14,17-28,30H,4,7-8,15-16H2,1-2H3. The average molecular weight is 687 g/mol. The molecule has 0 spiro atoms. The molecule has 2 aliphatic rings. The molecule has 9 aromatic rings. The predicted molar refractivity (Wildman–Crippen MR) is 216 cm³/mol. The Kier molecular flexibility index (Phi) is 6.61. The summed E-state index contributed by atoms with van der Waals surface area (Å²) in [5.41, 5.74) is 12.5. The molecule has 5 nitrogen and oxygen atoms in total. The van der Waals surface area contributed by atoms with Gasteiger partial charge in [0.25, 0.3) is 0 Å². The highest BCUT2D eigenvalue weighted by Gasteiger charge is 2.36. The van der Waals surface area contributed by atoms with Crippen LogP contribution in [0.5, 0.6) is 0 Å². The second-order valence-corrected chi connectivity index (χ2v) is 15.5. The van der Waals surface area contributed by atoms with Gasteiger partial charge < -0.3 is 8.98 Å². The van der Waals surface area contributed by atoms with Gasteiger partial charge in [0.15, 0.2) is 11.6 Å². The molecule has 0 unspecified atom stereocenters. The molecule has 3 aromatic heterocycles. The zero-order valence-corrected chi connectivity index (χ0v) is 29.9. The van der Waals surface area contributed by atoms with Gasteiger partial charge >= 0.3 is 0 Å². The van der Waals surface area contributed by atoms with Crippen LogP contribution in [0.1, 0.15) is 68.8 Å². The molecule has 6 aromatic carbocycles. The van der Waals surface area contributed by atoms with Crippen molar-refractivity contribution in [2.45, 2.75) is 57.3 Å². The Labute approximate surface area is 308 Å². The SMILES string of the molecule is CC1(C)c2ccccc2-c2cc3c4ccccc4n(-c4ccc5oc6cc(-c7nc(-c8ccccc8)nc(C8CCCCC8)n7)ccc6c5c4)c3cc21. The van der Waals surface area contributed by atoms with E-state index >= 15 is 0 Å². The van der Waals surface area contributed by atoms with Crippen molar-refractivity contribution in [3.05, 3.63) is 144 Å². The quantitative estimate of drug-likeness (QED) is 0.185. The van der Waals surface area contributed by atoms with E-state index in [9.17, 15) is 0 Å². The highest BCUT2D eigenvalue weighted by atomic mass is 16.3. The van der Waals surface area contributed by atoms with Gasteiger partial charge in [0, 0.05) is 49.7 Å². The van der Waals surface area contributed by atoms with Crippen LogP contribution in [0.3, 0.4) is 0 Å². The van der Waals surface area contributed by atoms with E-state index in [0.29, 0.717) is 11.7 Å². The van der Waals surface area contributed by atoms with Crippen LogP contribution < -0.4 is 0 Å². The monoisotopic (exact) mass is 686 g/mol. The number of furan rings is 1. The van der Waals surface area contributed by atoms with Gasteiger partial charge in [-0.1, -0.05) is 112 Å². The summed E-state index contributed by atoms with van der Waals surface area (Å²) in [6, 6.07) is 45.8. The first kappa shape index (κ1) is 30.5. The van der Waals surface area contributed by atoms with Gasteiger partial charge in [-0.25, -0.2) is 15.0 Å². The van der Waals surface area contributed by atoms with Gasteiger partial charge in [-0.2, -0.15) is 0 Å². The minimum atomic E-state index is -0.0820. The Morgan fingerprint density at radius 2 is 1.32 bits per heavy atom. The van der Waals surface area contributed by atoms with Crippen LogP contribution in [-0.4, -0.2) is 19.5 Å². The van der Waals surface area contributed by atoms with Gasteiger partial charge in [-0.15, -0.1) is 0 Å². The topological polar surface area (TPSA) is 56.7 Å². The van der Waals surface area contributed by atoms with Crippen LogP contribution in [0.2, 0.25) is 0 Å². The molecule has 0 N–H and O–H groups in total. The molecule has 5 heteroatoms. The number of fused-ring (bicyclic) bond motifs is 9. The van der Waals surface area contributed by atoms with Crippen molar-refractivity contribution in [3.8, 4) is 39.6 Å². The van der Waals surface area contributed by atoms with E-state index in [0.717, 1.165) is 63.2 Å². The molecular formula is C48H38N4O. The van der Waals surface area contributed by atoms with Crippen molar-refractivity contribution in [2.75, 3.05) is 0 Å². The van der Waals surface area contributed by atoms with Crippen LogP contribution in [0, 0.1) is 0 Å². The summed E-state index contributed by atoms with van der Waals surface area (Å²) >= 11 is 0. The summed E-state index contributed by atoms with van der Waals surface area (Å²) in [6.45, 7) is 4.70. The summed E-state index contributed by atoms with van der Waals surface area (Å²) in [6.07, 6.45) is 5.99. The molecule has 11 rings (SSSR count). The van der Waals surface area contributed by atoms with Crippen molar-refractivity contribution < 1.29 is 4.42 Å². The molecule has 256 valence electrons. The highest BCUT2D eigenvalue weighted by Crippen LogP contribution is 2.51. The number of rotatable bonds is 4. The van der Waals surface area contributed by atoms with E-state index in [1.165, 1.54) is 63.3 Å². The molecule has 0 radical (unpaired) electrons. The Balaban J connectivity index is 1.05. The lowest BCUT2D eigenvalue weighted by Gasteiger charge is -2.21. The van der Waals surface area contributed by atoms with Gasteiger partial charge in [0.05, 0.1) is 11.0 Å². The van der Waals surface area contributed by atoms with Crippen molar-refractivity contribution in [1.29, 1.82) is 0 Å².